The molecule has 0 spiro atoms. The molecule has 126 valence electrons. The third kappa shape index (κ3) is 3.21. The molecule has 1 atom stereocenters. The second kappa shape index (κ2) is 6.35. The number of aromatic nitrogens is 3. The lowest BCUT2D eigenvalue weighted by atomic mass is 10.1. The standard InChI is InChI=1S/C18H16FN5O/c19-13-8-6-12(7-9-13)17-22-18-21-15(10-16(25)24(18)23-17)11-20-14-4-2-1-3-5-14/h1-9,15,20H,10-11H2,(H,21,22,23). The van der Waals surface area contributed by atoms with Gasteiger partial charge in [-0.1, -0.05) is 18.2 Å². The highest BCUT2D eigenvalue weighted by atomic mass is 19.1. The highest BCUT2D eigenvalue weighted by Gasteiger charge is 2.27. The Morgan fingerprint density at radius 1 is 1.16 bits per heavy atom. The van der Waals surface area contributed by atoms with E-state index in [1.165, 1.54) is 16.8 Å². The summed E-state index contributed by atoms with van der Waals surface area (Å²) in [6.45, 7) is 0.592. The molecule has 0 amide bonds. The van der Waals surface area contributed by atoms with Gasteiger partial charge in [-0.2, -0.15) is 9.67 Å². The summed E-state index contributed by atoms with van der Waals surface area (Å²) in [6.07, 6.45) is 0.319. The van der Waals surface area contributed by atoms with E-state index in [0.717, 1.165) is 5.69 Å². The van der Waals surface area contributed by atoms with Crippen molar-refractivity contribution in [2.45, 2.75) is 12.5 Å². The Hall–Kier alpha value is -3.22. The SMILES string of the molecule is O=C1CC(CNc2ccccc2)Nc2nc(-c3ccc(F)cc3)nn21. The number of carbonyl (C=O) groups excluding carboxylic acids is 1. The fraction of sp³-hybridized carbons (Fsp3) is 0.167. The lowest BCUT2D eigenvalue weighted by Crippen LogP contribution is -2.38. The van der Waals surface area contributed by atoms with Crippen LogP contribution < -0.4 is 10.6 Å². The van der Waals surface area contributed by atoms with Crippen LogP contribution in [0, 0.1) is 5.82 Å². The van der Waals surface area contributed by atoms with Gasteiger partial charge in [-0.05, 0) is 36.4 Å². The predicted molar refractivity (Wildman–Crippen MR) is 93.0 cm³/mol. The minimum atomic E-state index is -0.325. The Bertz CT molecular complexity index is 892. The second-order valence-electron chi connectivity index (χ2n) is 5.86. The Balaban J connectivity index is 1.50. The Labute approximate surface area is 143 Å². The molecule has 0 aliphatic carbocycles. The summed E-state index contributed by atoms with van der Waals surface area (Å²) in [6, 6.07) is 15.6. The average molecular weight is 337 g/mol. The Kier molecular flexibility index (Phi) is 3.89. The van der Waals surface area contributed by atoms with Crippen molar-refractivity contribution >= 4 is 17.5 Å². The van der Waals surface area contributed by atoms with Gasteiger partial charge in [0.15, 0.2) is 5.82 Å². The number of carbonyl (C=O) groups is 1. The minimum Gasteiger partial charge on any atom is -0.383 e. The first-order valence-corrected chi connectivity index (χ1v) is 8.01. The van der Waals surface area contributed by atoms with E-state index in [1.807, 2.05) is 30.3 Å². The van der Waals surface area contributed by atoms with Crippen LogP contribution in [-0.4, -0.2) is 33.3 Å². The lowest BCUT2D eigenvalue weighted by molar-refractivity contribution is 0.0874. The fourth-order valence-electron chi connectivity index (χ4n) is 2.75. The van der Waals surface area contributed by atoms with Crippen LogP contribution in [0.25, 0.3) is 11.4 Å². The molecule has 0 fully saturated rings. The number of anilines is 2. The van der Waals surface area contributed by atoms with E-state index < -0.39 is 0 Å². The van der Waals surface area contributed by atoms with Gasteiger partial charge in [0.2, 0.25) is 5.95 Å². The summed E-state index contributed by atoms with van der Waals surface area (Å²) >= 11 is 0. The number of fused-ring (bicyclic) bond motifs is 1. The van der Waals surface area contributed by atoms with Gasteiger partial charge in [-0.25, -0.2) is 4.39 Å². The van der Waals surface area contributed by atoms with E-state index in [9.17, 15) is 9.18 Å². The van der Waals surface area contributed by atoms with Crippen molar-refractivity contribution < 1.29 is 9.18 Å². The summed E-state index contributed by atoms with van der Waals surface area (Å²) in [5, 5.41) is 10.8. The van der Waals surface area contributed by atoms with Crippen molar-refractivity contribution in [3.8, 4) is 11.4 Å². The van der Waals surface area contributed by atoms with Crippen molar-refractivity contribution in [1.29, 1.82) is 0 Å². The summed E-state index contributed by atoms with van der Waals surface area (Å²) in [5.41, 5.74) is 1.66. The van der Waals surface area contributed by atoms with E-state index in [4.69, 9.17) is 0 Å². The molecule has 1 aliphatic rings. The number of hydrogen-bond donors (Lipinski definition) is 2. The molecule has 0 bridgehead atoms. The highest BCUT2D eigenvalue weighted by molar-refractivity contribution is 5.84. The molecule has 1 aliphatic heterocycles. The quantitative estimate of drug-likeness (QED) is 0.766. The van der Waals surface area contributed by atoms with Crippen LogP contribution in [0.15, 0.2) is 54.6 Å². The molecule has 0 radical (unpaired) electrons. The molecular weight excluding hydrogens is 321 g/mol. The molecule has 0 saturated carbocycles. The first-order chi connectivity index (χ1) is 12.2. The van der Waals surface area contributed by atoms with Gasteiger partial charge in [0.25, 0.3) is 5.91 Å². The zero-order valence-corrected chi connectivity index (χ0v) is 13.3. The largest absolute Gasteiger partial charge is 0.383 e. The van der Waals surface area contributed by atoms with Gasteiger partial charge < -0.3 is 10.6 Å². The minimum absolute atomic E-state index is 0.0783. The maximum atomic E-state index is 13.0. The molecule has 0 saturated heterocycles. The van der Waals surface area contributed by atoms with Gasteiger partial charge in [-0.3, -0.25) is 4.79 Å². The molecule has 4 rings (SSSR count). The monoisotopic (exact) mass is 337 g/mol. The van der Waals surface area contributed by atoms with Crippen molar-refractivity contribution in [2.24, 2.45) is 0 Å². The number of benzene rings is 2. The molecular formula is C18H16FN5O. The zero-order valence-electron chi connectivity index (χ0n) is 13.3. The van der Waals surface area contributed by atoms with E-state index in [-0.39, 0.29) is 17.8 Å². The molecule has 6 nitrogen and oxygen atoms in total. The Morgan fingerprint density at radius 3 is 2.68 bits per heavy atom. The lowest BCUT2D eigenvalue weighted by Gasteiger charge is -2.23. The number of para-hydroxylation sites is 1. The predicted octanol–water partition coefficient (Wildman–Crippen LogP) is 3.02. The van der Waals surface area contributed by atoms with Crippen LogP contribution in [0.1, 0.15) is 11.2 Å². The fourth-order valence-corrected chi connectivity index (χ4v) is 2.75. The van der Waals surface area contributed by atoms with Crippen LogP contribution in [-0.2, 0) is 0 Å². The molecule has 3 aromatic rings. The van der Waals surface area contributed by atoms with E-state index in [2.05, 4.69) is 20.7 Å². The summed E-state index contributed by atoms with van der Waals surface area (Å²) < 4.78 is 14.3. The highest BCUT2D eigenvalue weighted by Crippen LogP contribution is 2.22. The van der Waals surface area contributed by atoms with Gasteiger partial charge in [0.05, 0.1) is 12.5 Å². The number of hydrogen-bond acceptors (Lipinski definition) is 5. The summed E-state index contributed by atoms with van der Waals surface area (Å²) in [5.74, 6) is 0.367. The van der Waals surface area contributed by atoms with Crippen molar-refractivity contribution in [1.82, 2.24) is 14.8 Å². The molecule has 1 unspecified atom stereocenters. The van der Waals surface area contributed by atoms with Crippen molar-refractivity contribution in [3.63, 3.8) is 0 Å². The molecule has 2 heterocycles. The first-order valence-electron chi connectivity index (χ1n) is 8.01. The van der Waals surface area contributed by atoms with Crippen LogP contribution in [0.3, 0.4) is 0 Å². The Morgan fingerprint density at radius 2 is 1.92 bits per heavy atom. The number of nitrogens with zero attached hydrogens (tertiary/aromatic N) is 3. The molecule has 2 aromatic carbocycles. The van der Waals surface area contributed by atoms with Crippen molar-refractivity contribution in [3.05, 3.63) is 60.4 Å². The van der Waals surface area contributed by atoms with E-state index in [1.54, 1.807) is 12.1 Å². The molecule has 2 N–H and O–H groups in total. The maximum absolute atomic E-state index is 13.0. The summed E-state index contributed by atoms with van der Waals surface area (Å²) in [7, 11) is 0. The third-order valence-corrected chi connectivity index (χ3v) is 4.03. The van der Waals surface area contributed by atoms with Crippen LogP contribution in [0.2, 0.25) is 0 Å². The average Bonchev–Trinajstić information content (AvgIpc) is 3.06. The third-order valence-electron chi connectivity index (χ3n) is 4.03. The normalized spacial score (nSPS) is 16.2. The second-order valence-corrected chi connectivity index (χ2v) is 5.86. The van der Waals surface area contributed by atoms with E-state index >= 15 is 0 Å². The topological polar surface area (TPSA) is 71.8 Å². The van der Waals surface area contributed by atoms with E-state index in [0.29, 0.717) is 30.3 Å². The molecule has 25 heavy (non-hydrogen) atoms. The molecule has 7 heteroatoms. The zero-order chi connectivity index (χ0) is 17.2. The number of rotatable bonds is 4. The smallest absolute Gasteiger partial charge is 0.252 e. The van der Waals surface area contributed by atoms with Crippen LogP contribution >= 0.6 is 0 Å². The van der Waals surface area contributed by atoms with Crippen LogP contribution in [0.5, 0.6) is 0 Å². The number of nitrogens with one attached hydrogen (secondary N) is 2. The number of halogens is 1. The first kappa shape index (κ1) is 15.3. The van der Waals surface area contributed by atoms with Gasteiger partial charge in [0.1, 0.15) is 5.82 Å². The summed E-state index contributed by atoms with van der Waals surface area (Å²) in [4.78, 5) is 16.7. The van der Waals surface area contributed by atoms with Gasteiger partial charge >= 0.3 is 0 Å². The van der Waals surface area contributed by atoms with Crippen molar-refractivity contribution in [2.75, 3.05) is 17.2 Å². The van der Waals surface area contributed by atoms with Crippen LogP contribution in [0.4, 0.5) is 16.0 Å². The maximum Gasteiger partial charge on any atom is 0.252 e. The molecule has 1 aromatic heterocycles. The van der Waals surface area contributed by atoms with Gasteiger partial charge in [0, 0.05) is 17.8 Å². The van der Waals surface area contributed by atoms with Gasteiger partial charge in [-0.15, -0.1) is 5.10 Å².